The molecule has 0 aliphatic carbocycles. The number of aromatic nitrogens is 3. The smallest absolute Gasteiger partial charge is 0.221 e. The van der Waals surface area contributed by atoms with Crippen molar-refractivity contribution in [1.82, 2.24) is 15.0 Å². The van der Waals surface area contributed by atoms with Crippen molar-refractivity contribution < 1.29 is 4.79 Å². The molecule has 0 aromatic carbocycles. The Hall–Kier alpha value is -1.88. The molecule has 0 atom stereocenters. The number of halogens is 1. The first-order valence-electron chi connectivity index (χ1n) is 4.61. The van der Waals surface area contributed by atoms with E-state index < -0.39 is 0 Å². The molecule has 0 fully saturated rings. The number of nitrogens with two attached hydrogens (primary N) is 1. The highest BCUT2D eigenvalue weighted by atomic mass is 35.5. The number of nitrogens with zero attached hydrogens (tertiary/aromatic N) is 2. The molecule has 2 aromatic rings. The first-order valence-corrected chi connectivity index (χ1v) is 4.98. The van der Waals surface area contributed by atoms with Gasteiger partial charge in [-0.25, -0.2) is 9.97 Å². The molecule has 82 valence electrons. The molecule has 5 nitrogen and oxygen atoms in total. The highest BCUT2D eigenvalue weighted by molar-refractivity contribution is 6.33. The summed E-state index contributed by atoms with van der Waals surface area (Å²) in [4.78, 5) is 21.5. The maximum atomic E-state index is 10.6. The van der Waals surface area contributed by atoms with Gasteiger partial charge in [0.15, 0.2) is 5.15 Å². The zero-order chi connectivity index (χ0) is 11.5. The Morgan fingerprint density at radius 3 is 3.12 bits per heavy atom. The predicted molar refractivity (Wildman–Crippen MR) is 61.7 cm³/mol. The zero-order valence-electron chi connectivity index (χ0n) is 8.27. The predicted octanol–water partition coefficient (Wildman–Crippen LogP) is 1.50. The molecule has 0 saturated carbocycles. The molecular weight excluding hydrogens is 228 g/mol. The van der Waals surface area contributed by atoms with E-state index in [2.05, 4.69) is 15.0 Å². The Kier molecular flexibility index (Phi) is 2.87. The van der Waals surface area contributed by atoms with E-state index in [1.54, 1.807) is 18.3 Å². The minimum absolute atomic E-state index is 0.200. The summed E-state index contributed by atoms with van der Waals surface area (Å²) in [6, 6.07) is 0. The van der Waals surface area contributed by atoms with Crippen LogP contribution < -0.4 is 5.73 Å². The van der Waals surface area contributed by atoms with Crippen LogP contribution in [0.3, 0.4) is 0 Å². The number of aromatic amines is 1. The maximum Gasteiger partial charge on any atom is 0.221 e. The van der Waals surface area contributed by atoms with E-state index in [4.69, 9.17) is 17.3 Å². The van der Waals surface area contributed by atoms with Crippen LogP contribution in [0.25, 0.3) is 17.1 Å². The van der Waals surface area contributed by atoms with Gasteiger partial charge in [0.2, 0.25) is 5.91 Å². The monoisotopic (exact) mass is 236 g/mol. The zero-order valence-corrected chi connectivity index (χ0v) is 9.03. The van der Waals surface area contributed by atoms with Gasteiger partial charge in [-0.2, -0.15) is 0 Å². The minimum Gasteiger partial charge on any atom is -0.369 e. The van der Waals surface area contributed by atoms with Crippen molar-refractivity contribution in [2.45, 2.75) is 6.42 Å². The number of amides is 1. The van der Waals surface area contributed by atoms with Crippen LogP contribution >= 0.6 is 11.6 Å². The average molecular weight is 237 g/mol. The van der Waals surface area contributed by atoms with Crippen LogP contribution in [0.1, 0.15) is 12.0 Å². The number of hydrogen-bond acceptors (Lipinski definition) is 3. The summed E-state index contributed by atoms with van der Waals surface area (Å²) in [5.41, 5.74) is 7.28. The molecule has 0 aliphatic rings. The van der Waals surface area contributed by atoms with Crippen LogP contribution in [-0.2, 0) is 4.79 Å². The highest BCUT2D eigenvalue weighted by Crippen LogP contribution is 2.21. The summed E-state index contributed by atoms with van der Waals surface area (Å²) >= 11 is 5.87. The van der Waals surface area contributed by atoms with Gasteiger partial charge in [0, 0.05) is 18.2 Å². The Morgan fingerprint density at radius 2 is 2.38 bits per heavy atom. The molecule has 2 heterocycles. The number of rotatable bonds is 3. The third kappa shape index (κ3) is 2.04. The van der Waals surface area contributed by atoms with Gasteiger partial charge in [0.25, 0.3) is 0 Å². The first-order chi connectivity index (χ1) is 7.68. The Balaban J connectivity index is 2.35. The normalized spacial score (nSPS) is 11.3. The van der Waals surface area contributed by atoms with E-state index >= 15 is 0 Å². The summed E-state index contributed by atoms with van der Waals surface area (Å²) in [5, 5.41) is 0.375. The van der Waals surface area contributed by atoms with Crippen molar-refractivity contribution in [3.63, 3.8) is 0 Å². The molecule has 1 amide bonds. The third-order valence-corrected chi connectivity index (χ3v) is 2.35. The van der Waals surface area contributed by atoms with Gasteiger partial charge in [-0.3, -0.25) is 4.79 Å². The quantitative estimate of drug-likeness (QED) is 0.792. The lowest BCUT2D eigenvalue weighted by Crippen LogP contribution is -2.07. The fraction of sp³-hybridized carbons (Fsp3) is 0.100. The maximum absolute atomic E-state index is 10.6. The third-order valence-electron chi connectivity index (χ3n) is 2.06. The Bertz CT molecular complexity index is 561. The van der Waals surface area contributed by atoms with Gasteiger partial charge in [-0.1, -0.05) is 23.8 Å². The Labute approximate surface area is 96.3 Å². The topological polar surface area (TPSA) is 84.7 Å². The molecule has 16 heavy (non-hydrogen) atoms. The van der Waals surface area contributed by atoms with Crippen LogP contribution in [0.5, 0.6) is 0 Å². The molecule has 0 saturated heterocycles. The molecule has 0 spiro atoms. The first kappa shape index (κ1) is 10.6. The molecular formula is C10H9ClN4O. The molecule has 2 rings (SSSR count). The second kappa shape index (κ2) is 4.32. The van der Waals surface area contributed by atoms with Crippen molar-refractivity contribution in [3.8, 4) is 0 Å². The molecule has 0 unspecified atom stereocenters. The summed E-state index contributed by atoms with van der Waals surface area (Å²) in [7, 11) is 0. The molecule has 0 radical (unpaired) electrons. The molecule has 0 bridgehead atoms. The fourth-order valence-corrected chi connectivity index (χ4v) is 1.55. The van der Waals surface area contributed by atoms with E-state index in [-0.39, 0.29) is 12.3 Å². The number of nitrogens with one attached hydrogen (secondary N) is 1. The van der Waals surface area contributed by atoms with Gasteiger partial charge in [-0.15, -0.1) is 0 Å². The highest BCUT2D eigenvalue weighted by Gasteiger charge is 2.05. The fourth-order valence-electron chi connectivity index (χ4n) is 1.36. The minimum atomic E-state index is -0.372. The average Bonchev–Trinajstić information content (AvgIpc) is 2.63. The number of primary amides is 1. The number of H-pyrrole nitrogens is 1. The van der Waals surface area contributed by atoms with Crippen molar-refractivity contribution in [3.05, 3.63) is 29.3 Å². The van der Waals surface area contributed by atoms with Gasteiger partial charge in [0.05, 0.1) is 0 Å². The summed E-state index contributed by atoms with van der Waals surface area (Å²) in [5.74, 6) is -0.372. The van der Waals surface area contributed by atoms with E-state index in [9.17, 15) is 4.79 Å². The van der Waals surface area contributed by atoms with Gasteiger partial charge in [0.1, 0.15) is 17.4 Å². The van der Waals surface area contributed by atoms with Crippen LogP contribution in [0.15, 0.2) is 18.6 Å². The number of carbonyl (C=O) groups is 1. The van der Waals surface area contributed by atoms with Crippen molar-refractivity contribution in [2.75, 3.05) is 0 Å². The second-order valence-corrected chi connectivity index (χ2v) is 3.56. The number of carbonyl (C=O) groups excluding carboxylic acids is 1. The van der Waals surface area contributed by atoms with Crippen molar-refractivity contribution in [1.29, 1.82) is 0 Å². The van der Waals surface area contributed by atoms with E-state index in [0.29, 0.717) is 10.7 Å². The van der Waals surface area contributed by atoms with E-state index in [1.807, 2.05) is 0 Å². The molecule has 3 N–H and O–H groups in total. The lowest BCUT2D eigenvalue weighted by atomic mass is 10.2. The summed E-state index contributed by atoms with van der Waals surface area (Å²) in [6.45, 7) is 0. The SMILES string of the molecule is NC(=O)CC=Cc1c[nH]c2c(Cl)ncnc12. The lowest BCUT2D eigenvalue weighted by Gasteiger charge is -1.92. The van der Waals surface area contributed by atoms with Gasteiger partial charge in [-0.05, 0) is 0 Å². The largest absolute Gasteiger partial charge is 0.369 e. The molecule has 6 heteroatoms. The van der Waals surface area contributed by atoms with Gasteiger partial charge >= 0.3 is 0 Å². The van der Waals surface area contributed by atoms with Crippen molar-refractivity contribution >= 4 is 34.6 Å². The van der Waals surface area contributed by atoms with Gasteiger partial charge < -0.3 is 10.7 Å². The van der Waals surface area contributed by atoms with Crippen LogP contribution in [-0.4, -0.2) is 20.9 Å². The van der Waals surface area contributed by atoms with Crippen LogP contribution in [0.4, 0.5) is 0 Å². The molecule has 2 aromatic heterocycles. The second-order valence-electron chi connectivity index (χ2n) is 3.20. The van der Waals surface area contributed by atoms with E-state index in [1.165, 1.54) is 6.33 Å². The molecule has 0 aliphatic heterocycles. The summed E-state index contributed by atoms with van der Waals surface area (Å²) in [6.07, 6.45) is 6.80. The lowest BCUT2D eigenvalue weighted by molar-refractivity contribution is -0.117. The standard InChI is InChI=1S/C10H9ClN4O/c11-10-9-8(14-5-15-10)6(4-13-9)2-1-3-7(12)16/h1-2,4-5,13H,3H2,(H2,12,16). The van der Waals surface area contributed by atoms with E-state index in [0.717, 1.165) is 11.1 Å². The number of hydrogen-bond donors (Lipinski definition) is 2. The summed E-state index contributed by atoms with van der Waals surface area (Å²) < 4.78 is 0. The number of fused-ring (bicyclic) bond motifs is 1. The van der Waals surface area contributed by atoms with Crippen LogP contribution in [0.2, 0.25) is 5.15 Å². The van der Waals surface area contributed by atoms with Crippen molar-refractivity contribution in [2.24, 2.45) is 5.73 Å². The van der Waals surface area contributed by atoms with Crippen LogP contribution in [0, 0.1) is 0 Å². The Morgan fingerprint density at radius 1 is 1.56 bits per heavy atom.